The third-order valence-corrected chi connectivity index (χ3v) is 2.22. The molecule has 0 spiro atoms. The first kappa shape index (κ1) is 11.1. The lowest BCUT2D eigenvalue weighted by Gasteiger charge is -2.05. The van der Waals surface area contributed by atoms with Gasteiger partial charge in [-0.15, -0.1) is 5.10 Å². The van der Waals surface area contributed by atoms with E-state index in [0.29, 0.717) is 13.1 Å². The van der Waals surface area contributed by atoms with Gasteiger partial charge in [-0.25, -0.2) is 0 Å². The third-order valence-electron chi connectivity index (χ3n) is 2.22. The third kappa shape index (κ3) is 3.00. The maximum Gasteiger partial charge on any atom is 0.269 e. The first-order valence-corrected chi connectivity index (χ1v) is 5.08. The zero-order chi connectivity index (χ0) is 12.1. The molecule has 0 amide bonds. The summed E-state index contributed by atoms with van der Waals surface area (Å²) in [6.07, 6.45) is 3.39. The second-order valence-electron chi connectivity index (χ2n) is 3.40. The summed E-state index contributed by atoms with van der Waals surface area (Å²) in [6.45, 7) is 1.37. The summed E-state index contributed by atoms with van der Waals surface area (Å²) < 4.78 is 1.71. The van der Waals surface area contributed by atoms with E-state index in [0.717, 1.165) is 5.69 Å². The maximum absolute atomic E-state index is 10.4. The van der Waals surface area contributed by atoms with Crippen molar-refractivity contribution >= 4 is 11.4 Å². The molecule has 0 saturated carbocycles. The molecule has 1 aromatic heterocycles. The molecule has 2 rings (SSSR count). The summed E-state index contributed by atoms with van der Waals surface area (Å²) in [6, 6.07) is 6.30. The molecule has 0 unspecified atom stereocenters. The highest BCUT2D eigenvalue weighted by Crippen LogP contribution is 2.14. The fourth-order valence-electron chi connectivity index (χ4n) is 1.37. The summed E-state index contributed by atoms with van der Waals surface area (Å²) in [5.41, 5.74) is 0.933. The van der Waals surface area contributed by atoms with Crippen molar-refractivity contribution in [3.8, 4) is 0 Å². The number of rotatable bonds is 5. The van der Waals surface area contributed by atoms with Crippen LogP contribution >= 0.6 is 0 Å². The van der Waals surface area contributed by atoms with Gasteiger partial charge in [-0.3, -0.25) is 14.8 Å². The van der Waals surface area contributed by atoms with Gasteiger partial charge in [-0.05, 0) is 12.1 Å². The van der Waals surface area contributed by atoms with Crippen LogP contribution in [-0.4, -0.2) is 26.5 Å². The maximum atomic E-state index is 10.4. The van der Waals surface area contributed by atoms with E-state index in [1.807, 2.05) is 0 Å². The van der Waals surface area contributed by atoms with Gasteiger partial charge < -0.3 is 5.32 Å². The lowest BCUT2D eigenvalue weighted by atomic mass is 10.3. The second-order valence-corrected chi connectivity index (χ2v) is 3.40. The topological polar surface area (TPSA) is 85.9 Å². The van der Waals surface area contributed by atoms with Crippen LogP contribution in [0.15, 0.2) is 36.7 Å². The highest BCUT2D eigenvalue weighted by Gasteiger charge is 2.03. The Morgan fingerprint density at radius 2 is 2.12 bits per heavy atom. The zero-order valence-electron chi connectivity index (χ0n) is 8.98. The predicted octanol–water partition coefficient (Wildman–Crippen LogP) is 1.30. The number of aromatic nitrogens is 3. The number of nitro groups is 1. The van der Waals surface area contributed by atoms with Gasteiger partial charge in [0.2, 0.25) is 0 Å². The fourth-order valence-corrected chi connectivity index (χ4v) is 1.37. The second kappa shape index (κ2) is 5.06. The molecule has 2 aromatic rings. The van der Waals surface area contributed by atoms with Crippen LogP contribution in [0, 0.1) is 10.1 Å². The van der Waals surface area contributed by atoms with Crippen molar-refractivity contribution in [2.75, 3.05) is 11.9 Å². The molecule has 1 N–H and O–H groups in total. The molecule has 0 aliphatic carbocycles. The van der Waals surface area contributed by atoms with Gasteiger partial charge in [0.05, 0.1) is 17.7 Å². The van der Waals surface area contributed by atoms with Crippen molar-refractivity contribution in [3.05, 3.63) is 46.8 Å². The molecule has 0 aliphatic heterocycles. The molecule has 17 heavy (non-hydrogen) atoms. The minimum Gasteiger partial charge on any atom is -0.383 e. The van der Waals surface area contributed by atoms with E-state index in [-0.39, 0.29) is 5.69 Å². The normalized spacial score (nSPS) is 10.1. The molecule has 0 atom stereocenters. The van der Waals surface area contributed by atoms with Crippen LogP contribution in [0.2, 0.25) is 0 Å². The van der Waals surface area contributed by atoms with Gasteiger partial charge >= 0.3 is 0 Å². The Morgan fingerprint density at radius 1 is 1.35 bits per heavy atom. The number of benzene rings is 1. The standard InChI is InChI=1S/C10H11N5O2/c16-15(17)10-3-1-9(2-4-10)11-5-7-14-8-6-12-13-14/h1-4,6,8,11H,5,7H2. The summed E-state index contributed by atoms with van der Waals surface area (Å²) in [4.78, 5) is 10.0. The van der Waals surface area contributed by atoms with Crippen molar-refractivity contribution in [1.82, 2.24) is 15.0 Å². The Kier molecular flexibility index (Phi) is 3.29. The number of nitro benzene ring substituents is 1. The van der Waals surface area contributed by atoms with E-state index >= 15 is 0 Å². The summed E-state index contributed by atoms with van der Waals surface area (Å²) in [5.74, 6) is 0. The Morgan fingerprint density at radius 3 is 2.71 bits per heavy atom. The summed E-state index contributed by atoms with van der Waals surface area (Å²) in [5, 5.41) is 21.1. The molecule has 1 aromatic carbocycles. The Bertz CT molecular complexity index is 480. The van der Waals surface area contributed by atoms with Crippen molar-refractivity contribution in [2.24, 2.45) is 0 Å². The van der Waals surface area contributed by atoms with E-state index in [2.05, 4.69) is 15.6 Å². The largest absolute Gasteiger partial charge is 0.383 e. The number of nitrogens with one attached hydrogen (secondary N) is 1. The van der Waals surface area contributed by atoms with E-state index in [1.165, 1.54) is 12.1 Å². The minimum atomic E-state index is -0.417. The van der Waals surface area contributed by atoms with E-state index in [1.54, 1.807) is 29.2 Å². The Balaban J connectivity index is 1.85. The van der Waals surface area contributed by atoms with Gasteiger partial charge in [0.25, 0.3) is 5.69 Å². The van der Waals surface area contributed by atoms with Crippen LogP contribution in [0.4, 0.5) is 11.4 Å². The molecule has 1 heterocycles. The van der Waals surface area contributed by atoms with Crippen LogP contribution in [0.3, 0.4) is 0 Å². The first-order valence-electron chi connectivity index (χ1n) is 5.08. The van der Waals surface area contributed by atoms with Crippen LogP contribution in [0.5, 0.6) is 0 Å². The fraction of sp³-hybridized carbons (Fsp3) is 0.200. The van der Waals surface area contributed by atoms with Crippen molar-refractivity contribution in [3.63, 3.8) is 0 Å². The number of hydrogen-bond donors (Lipinski definition) is 1. The van der Waals surface area contributed by atoms with Gasteiger partial charge in [-0.1, -0.05) is 5.21 Å². The SMILES string of the molecule is O=[N+]([O-])c1ccc(NCCn2ccnn2)cc1. The van der Waals surface area contributed by atoms with Crippen LogP contribution in [-0.2, 0) is 6.54 Å². The first-order chi connectivity index (χ1) is 8.25. The Hall–Kier alpha value is -2.44. The molecular weight excluding hydrogens is 222 g/mol. The molecule has 7 nitrogen and oxygen atoms in total. The van der Waals surface area contributed by atoms with E-state index in [9.17, 15) is 10.1 Å². The lowest BCUT2D eigenvalue weighted by molar-refractivity contribution is -0.384. The Labute approximate surface area is 97.2 Å². The lowest BCUT2D eigenvalue weighted by Crippen LogP contribution is -2.10. The average Bonchev–Trinajstić information content (AvgIpc) is 2.83. The molecule has 0 saturated heterocycles. The van der Waals surface area contributed by atoms with E-state index < -0.39 is 4.92 Å². The van der Waals surface area contributed by atoms with Crippen molar-refractivity contribution < 1.29 is 4.92 Å². The minimum absolute atomic E-state index is 0.0897. The predicted molar refractivity (Wildman–Crippen MR) is 61.6 cm³/mol. The van der Waals surface area contributed by atoms with E-state index in [4.69, 9.17) is 0 Å². The van der Waals surface area contributed by atoms with Crippen LogP contribution in [0.25, 0.3) is 0 Å². The molecule has 0 radical (unpaired) electrons. The zero-order valence-corrected chi connectivity index (χ0v) is 8.98. The van der Waals surface area contributed by atoms with Crippen LogP contribution in [0.1, 0.15) is 0 Å². The number of anilines is 1. The molecular formula is C10H11N5O2. The number of non-ortho nitro benzene ring substituents is 1. The molecule has 0 aliphatic rings. The van der Waals surface area contributed by atoms with Gasteiger partial charge in [0.15, 0.2) is 0 Å². The summed E-state index contributed by atoms with van der Waals surface area (Å²) in [7, 11) is 0. The highest BCUT2D eigenvalue weighted by molar-refractivity contribution is 5.48. The molecule has 0 bridgehead atoms. The van der Waals surface area contributed by atoms with Crippen LogP contribution < -0.4 is 5.32 Å². The quantitative estimate of drug-likeness (QED) is 0.621. The monoisotopic (exact) mass is 233 g/mol. The molecule has 0 fully saturated rings. The summed E-state index contributed by atoms with van der Waals surface area (Å²) >= 11 is 0. The smallest absolute Gasteiger partial charge is 0.269 e. The van der Waals surface area contributed by atoms with Crippen molar-refractivity contribution in [1.29, 1.82) is 0 Å². The van der Waals surface area contributed by atoms with Crippen molar-refractivity contribution in [2.45, 2.75) is 6.54 Å². The average molecular weight is 233 g/mol. The number of hydrogen-bond acceptors (Lipinski definition) is 5. The molecule has 7 heteroatoms. The molecule has 88 valence electrons. The number of nitrogens with zero attached hydrogens (tertiary/aromatic N) is 4. The highest BCUT2D eigenvalue weighted by atomic mass is 16.6. The van der Waals surface area contributed by atoms with Gasteiger partial charge in [-0.2, -0.15) is 0 Å². The van der Waals surface area contributed by atoms with Gasteiger partial charge in [0.1, 0.15) is 0 Å². The van der Waals surface area contributed by atoms with Gasteiger partial charge in [0, 0.05) is 30.6 Å².